The highest BCUT2D eigenvalue weighted by Crippen LogP contribution is 2.32. The third kappa shape index (κ3) is 3.38. The topological polar surface area (TPSA) is 76.8 Å². The maximum absolute atomic E-state index is 13.3. The number of carbonyl (C=O) groups excluding carboxylic acids is 2. The molecule has 0 saturated carbocycles. The molecule has 0 atom stereocenters. The molecule has 4 aromatic rings. The fourth-order valence-corrected chi connectivity index (χ4v) is 3.95. The Morgan fingerprint density at radius 2 is 1.79 bits per heavy atom. The van der Waals surface area contributed by atoms with Crippen molar-refractivity contribution in [3.63, 3.8) is 0 Å². The van der Waals surface area contributed by atoms with Crippen molar-refractivity contribution in [3.8, 4) is 0 Å². The van der Waals surface area contributed by atoms with Crippen molar-refractivity contribution in [2.75, 3.05) is 19.1 Å². The number of ether oxygens (including phenoxy) is 1. The highest BCUT2D eigenvalue weighted by molar-refractivity contribution is 7.22. The maximum atomic E-state index is 13.3. The van der Waals surface area contributed by atoms with Crippen LogP contribution in [0.15, 0.2) is 57.7 Å². The van der Waals surface area contributed by atoms with Gasteiger partial charge in [-0.25, -0.2) is 14.0 Å². The van der Waals surface area contributed by atoms with E-state index < -0.39 is 11.6 Å². The predicted octanol–water partition coefficient (Wildman–Crippen LogP) is 4.21. The number of thiophene rings is 1. The molecule has 0 aliphatic heterocycles. The summed E-state index contributed by atoms with van der Waals surface area (Å²) >= 11 is 1.20. The number of methoxy groups -OCH3 is 1. The average molecular weight is 411 g/mol. The van der Waals surface area contributed by atoms with E-state index in [1.807, 2.05) is 0 Å². The lowest BCUT2D eigenvalue weighted by Gasteiger charge is -2.15. The van der Waals surface area contributed by atoms with Gasteiger partial charge in [0.1, 0.15) is 16.4 Å². The van der Waals surface area contributed by atoms with Crippen molar-refractivity contribution in [2.24, 2.45) is 0 Å². The van der Waals surface area contributed by atoms with Gasteiger partial charge in [-0.05, 0) is 41.1 Å². The molecule has 29 heavy (non-hydrogen) atoms. The molecule has 0 aliphatic carbocycles. The van der Waals surface area contributed by atoms with Crippen LogP contribution in [0.5, 0.6) is 0 Å². The van der Waals surface area contributed by atoms with Crippen molar-refractivity contribution in [3.05, 3.63) is 75.9 Å². The van der Waals surface area contributed by atoms with Crippen LogP contribution in [0.4, 0.5) is 9.39 Å². The number of anilines is 1. The first kappa shape index (κ1) is 18.8. The Morgan fingerprint density at radius 1 is 1.07 bits per heavy atom. The van der Waals surface area contributed by atoms with Gasteiger partial charge < -0.3 is 14.1 Å². The fraction of sp³-hybridized carbons (Fsp3) is 0.0952. The second-order valence-electron chi connectivity index (χ2n) is 6.32. The van der Waals surface area contributed by atoms with Gasteiger partial charge in [0.05, 0.1) is 11.8 Å². The molecule has 0 aliphatic rings. The molecule has 0 saturated heterocycles. The second kappa shape index (κ2) is 7.14. The van der Waals surface area contributed by atoms with E-state index in [0.29, 0.717) is 20.7 Å². The monoisotopic (exact) mass is 411 g/mol. The summed E-state index contributed by atoms with van der Waals surface area (Å²) in [4.78, 5) is 38.0. The molecule has 2 heterocycles. The van der Waals surface area contributed by atoms with Crippen LogP contribution in [-0.4, -0.2) is 26.0 Å². The molecule has 1 amide bonds. The first-order valence-corrected chi connectivity index (χ1v) is 9.32. The Hall–Kier alpha value is -3.52. The molecule has 6 nitrogen and oxygen atoms in total. The van der Waals surface area contributed by atoms with Gasteiger partial charge in [0.2, 0.25) is 0 Å². The van der Waals surface area contributed by atoms with E-state index in [1.54, 1.807) is 37.4 Å². The Morgan fingerprint density at radius 3 is 2.55 bits per heavy atom. The average Bonchev–Trinajstić information content (AvgIpc) is 3.13. The minimum atomic E-state index is -0.801. The maximum Gasteiger partial charge on any atom is 0.351 e. The summed E-state index contributed by atoms with van der Waals surface area (Å²) in [5.41, 5.74) is -0.300. The van der Waals surface area contributed by atoms with E-state index in [-0.39, 0.29) is 22.9 Å². The van der Waals surface area contributed by atoms with Gasteiger partial charge in [0, 0.05) is 18.7 Å². The van der Waals surface area contributed by atoms with E-state index in [2.05, 4.69) is 4.74 Å². The molecule has 0 spiro atoms. The zero-order chi connectivity index (χ0) is 20.7. The van der Waals surface area contributed by atoms with E-state index in [4.69, 9.17) is 4.42 Å². The lowest BCUT2D eigenvalue weighted by Crippen LogP contribution is -2.25. The van der Waals surface area contributed by atoms with Crippen LogP contribution in [0.3, 0.4) is 0 Å². The highest BCUT2D eigenvalue weighted by atomic mass is 32.1. The van der Waals surface area contributed by atoms with Crippen LogP contribution in [0.1, 0.15) is 20.7 Å². The Bertz CT molecular complexity index is 1340. The van der Waals surface area contributed by atoms with Gasteiger partial charge in [-0.15, -0.1) is 11.3 Å². The first-order chi connectivity index (χ1) is 13.9. The number of hydrogen-bond acceptors (Lipinski definition) is 6. The number of esters is 1. The minimum absolute atomic E-state index is 0.204. The predicted molar refractivity (Wildman–Crippen MR) is 108 cm³/mol. The molecule has 4 rings (SSSR count). The third-order valence-electron chi connectivity index (χ3n) is 4.50. The quantitative estimate of drug-likeness (QED) is 0.472. The molecule has 0 fully saturated rings. The second-order valence-corrected chi connectivity index (χ2v) is 7.38. The Labute approximate surface area is 167 Å². The third-order valence-corrected chi connectivity index (χ3v) is 5.64. The van der Waals surface area contributed by atoms with E-state index in [1.165, 1.54) is 41.5 Å². The minimum Gasteiger partial charge on any atom is -0.465 e. The smallest absolute Gasteiger partial charge is 0.351 e. The molecule has 146 valence electrons. The van der Waals surface area contributed by atoms with Crippen molar-refractivity contribution in [2.45, 2.75) is 0 Å². The molecule has 2 aromatic carbocycles. The number of amides is 1. The van der Waals surface area contributed by atoms with Crippen LogP contribution in [0.2, 0.25) is 0 Å². The Balaban J connectivity index is 1.70. The molecule has 0 N–H and O–H groups in total. The summed E-state index contributed by atoms with van der Waals surface area (Å²) in [5.74, 6) is -1.40. The lowest BCUT2D eigenvalue weighted by molar-refractivity contribution is 0.0596. The molecular weight excluding hydrogens is 397 g/mol. The van der Waals surface area contributed by atoms with E-state index in [0.717, 1.165) is 5.39 Å². The van der Waals surface area contributed by atoms with Gasteiger partial charge in [0.15, 0.2) is 5.58 Å². The number of rotatable bonds is 3. The molecule has 8 heteroatoms. The van der Waals surface area contributed by atoms with Gasteiger partial charge in [-0.3, -0.25) is 4.79 Å². The van der Waals surface area contributed by atoms with Crippen LogP contribution in [-0.2, 0) is 4.74 Å². The zero-order valence-electron chi connectivity index (χ0n) is 15.4. The van der Waals surface area contributed by atoms with Gasteiger partial charge >= 0.3 is 11.6 Å². The number of carbonyl (C=O) groups is 2. The largest absolute Gasteiger partial charge is 0.465 e. The lowest BCUT2D eigenvalue weighted by atomic mass is 10.1. The summed E-state index contributed by atoms with van der Waals surface area (Å²) in [7, 11) is 2.78. The zero-order valence-corrected chi connectivity index (χ0v) is 16.2. The van der Waals surface area contributed by atoms with Crippen LogP contribution >= 0.6 is 11.3 Å². The number of fused-ring (bicyclic) bond motifs is 2. The van der Waals surface area contributed by atoms with Crippen LogP contribution in [0.25, 0.3) is 21.1 Å². The SMILES string of the molecule is COC(=O)c1cc2sc(N(C)C(=O)c3ccc4cc(F)ccc4c3)cc2oc1=O. The van der Waals surface area contributed by atoms with Crippen molar-refractivity contribution in [1.82, 2.24) is 0 Å². The summed E-state index contributed by atoms with van der Waals surface area (Å²) in [6, 6.07) is 12.3. The fourth-order valence-electron chi connectivity index (χ4n) is 2.96. The van der Waals surface area contributed by atoms with Crippen molar-refractivity contribution >= 4 is 49.3 Å². The van der Waals surface area contributed by atoms with Crippen molar-refractivity contribution < 1.29 is 23.1 Å². The summed E-state index contributed by atoms with van der Waals surface area (Å²) in [5, 5.41) is 1.98. The molecule has 2 aromatic heterocycles. The normalized spacial score (nSPS) is 11.0. The standard InChI is InChI=1S/C21H14FNO5S/c1-23(19(24)13-4-3-12-8-14(22)6-5-11(12)7-13)18-10-16-17(29-18)9-15(20(25)27-2)21(26)28-16/h3-10H,1-2H3. The highest BCUT2D eigenvalue weighted by Gasteiger charge is 2.20. The number of nitrogens with zero attached hydrogens (tertiary/aromatic N) is 1. The Kier molecular flexibility index (Phi) is 4.63. The molecular formula is C21H14FNO5S. The van der Waals surface area contributed by atoms with Crippen molar-refractivity contribution in [1.29, 1.82) is 0 Å². The number of benzene rings is 2. The molecule has 0 unspecified atom stereocenters. The van der Waals surface area contributed by atoms with Gasteiger partial charge in [-0.2, -0.15) is 0 Å². The first-order valence-electron chi connectivity index (χ1n) is 8.51. The van der Waals surface area contributed by atoms with E-state index >= 15 is 0 Å². The van der Waals surface area contributed by atoms with Gasteiger partial charge in [0.25, 0.3) is 5.91 Å². The van der Waals surface area contributed by atoms with Crippen LogP contribution < -0.4 is 10.5 Å². The molecule has 0 bridgehead atoms. The summed E-state index contributed by atoms with van der Waals surface area (Å²) in [6.45, 7) is 0. The number of hydrogen-bond donors (Lipinski definition) is 0. The summed E-state index contributed by atoms with van der Waals surface area (Å²) in [6.07, 6.45) is 0. The van der Waals surface area contributed by atoms with Crippen LogP contribution in [0, 0.1) is 5.82 Å². The summed E-state index contributed by atoms with van der Waals surface area (Å²) < 4.78 is 23.6. The number of halogens is 1. The molecule has 0 radical (unpaired) electrons. The van der Waals surface area contributed by atoms with Gasteiger partial charge in [-0.1, -0.05) is 12.1 Å². The van der Waals surface area contributed by atoms with E-state index in [9.17, 15) is 18.8 Å².